The van der Waals surface area contributed by atoms with Crippen molar-refractivity contribution >= 4 is 17.5 Å². The second kappa shape index (κ2) is 7.73. The molecule has 4 aliphatic carbocycles. The van der Waals surface area contributed by atoms with E-state index in [4.69, 9.17) is 13.9 Å². The van der Waals surface area contributed by atoms with E-state index >= 15 is 0 Å². The van der Waals surface area contributed by atoms with Crippen LogP contribution >= 0.6 is 0 Å². The highest BCUT2D eigenvalue weighted by Crippen LogP contribution is 2.74. The number of allylic oxidation sites excluding steroid dienone is 1. The van der Waals surface area contributed by atoms with Gasteiger partial charge in [-0.15, -0.1) is 0 Å². The molecule has 0 bridgehead atoms. The van der Waals surface area contributed by atoms with Gasteiger partial charge in [-0.3, -0.25) is 9.59 Å². The lowest BCUT2D eigenvalue weighted by Gasteiger charge is -2.68. The Bertz CT molecular complexity index is 1010. The Labute approximate surface area is 203 Å². The summed E-state index contributed by atoms with van der Waals surface area (Å²) < 4.78 is 17.0. The number of carbonyl (C=O) groups is 2. The number of carbonyl (C=O) groups excluding carboxylic acids is 2. The van der Waals surface area contributed by atoms with Crippen LogP contribution in [0.5, 0.6) is 0 Å². The van der Waals surface area contributed by atoms with Crippen LogP contribution in [-0.2, 0) is 19.1 Å². The number of furan rings is 1. The lowest BCUT2D eigenvalue weighted by Crippen LogP contribution is -2.65. The lowest BCUT2D eigenvalue weighted by atomic mass is 9.36. The van der Waals surface area contributed by atoms with Crippen molar-refractivity contribution in [2.45, 2.75) is 85.7 Å². The molecule has 4 aliphatic rings. The first-order chi connectivity index (χ1) is 16.0. The van der Waals surface area contributed by atoms with E-state index in [0.29, 0.717) is 11.8 Å². The predicted molar refractivity (Wildman–Crippen MR) is 129 cm³/mol. The second-order valence-corrected chi connectivity index (χ2v) is 12.5. The Morgan fingerprint density at radius 2 is 1.76 bits per heavy atom. The lowest BCUT2D eigenvalue weighted by molar-refractivity contribution is -0.221. The largest absolute Gasteiger partial charge is 0.472 e. The SMILES string of the molecule is COC(=O)[C@@]1(C)CCC[C@@]2(C)C1CC[C@@]1(C)[C@@H]3CC=C(c4ccoc4)[C@]3(C)[C@H](OC(C)=O)C[C@@H]12. The smallest absolute Gasteiger partial charge is 0.311 e. The summed E-state index contributed by atoms with van der Waals surface area (Å²) in [7, 11) is 1.52. The van der Waals surface area contributed by atoms with Gasteiger partial charge in [0.25, 0.3) is 0 Å². The van der Waals surface area contributed by atoms with Crippen LogP contribution in [0.1, 0.15) is 85.1 Å². The number of methoxy groups -OCH3 is 1. The van der Waals surface area contributed by atoms with Crippen LogP contribution in [-0.4, -0.2) is 25.2 Å². The van der Waals surface area contributed by atoms with Crippen LogP contribution < -0.4 is 0 Å². The molecule has 3 fully saturated rings. The first kappa shape index (κ1) is 23.7. The third kappa shape index (κ3) is 2.97. The predicted octanol–water partition coefficient (Wildman–Crippen LogP) is 6.43. The summed E-state index contributed by atoms with van der Waals surface area (Å²) >= 11 is 0. The first-order valence-electron chi connectivity index (χ1n) is 13.0. The number of esters is 2. The third-order valence-electron chi connectivity index (χ3n) is 11.1. The Morgan fingerprint density at radius 3 is 2.41 bits per heavy atom. The summed E-state index contributed by atoms with van der Waals surface area (Å²) in [4.78, 5) is 25.4. The summed E-state index contributed by atoms with van der Waals surface area (Å²) in [5.74, 6) is 0.755. The van der Waals surface area contributed by atoms with Gasteiger partial charge in [0.05, 0.1) is 25.1 Å². The van der Waals surface area contributed by atoms with Crippen molar-refractivity contribution < 1.29 is 23.5 Å². The maximum atomic E-state index is 13.0. The molecule has 1 aromatic heterocycles. The molecule has 0 radical (unpaired) electrons. The molecule has 0 N–H and O–H groups in total. The van der Waals surface area contributed by atoms with Gasteiger partial charge in [0, 0.05) is 17.9 Å². The van der Waals surface area contributed by atoms with Gasteiger partial charge in [0.15, 0.2) is 0 Å². The second-order valence-electron chi connectivity index (χ2n) is 12.5. The molecule has 0 aliphatic heterocycles. The summed E-state index contributed by atoms with van der Waals surface area (Å²) in [6.07, 6.45) is 12.7. The average Bonchev–Trinajstić information content (AvgIpc) is 3.42. The number of rotatable bonds is 3. The number of hydrogen-bond donors (Lipinski definition) is 0. The topological polar surface area (TPSA) is 65.7 Å². The normalized spacial score (nSPS) is 45.4. The van der Waals surface area contributed by atoms with Gasteiger partial charge in [-0.2, -0.15) is 0 Å². The van der Waals surface area contributed by atoms with E-state index in [2.05, 4.69) is 33.8 Å². The van der Waals surface area contributed by atoms with E-state index < -0.39 is 5.41 Å². The van der Waals surface area contributed by atoms with Gasteiger partial charge < -0.3 is 13.9 Å². The molecule has 8 atom stereocenters. The van der Waals surface area contributed by atoms with Crippen molar-refractivity contribution in [1.82, 2.24) is 0 Å². The molecule has 0 saturated heterocycles. The summed E-state index contributed by atoms with van der Waals surface area (Å²) in [5.41, 5.74) is 1.76. The monoisotopic (exact) mass is 468 g/mol. The molecule has 186 valence electrons. The fraction of sp³-hybridized carbons (Fsp3) is 0.724. The van der Waals surface area contributed by atoms with Crippen LogP contribution in [0.15, 0.2) is 29.1 Å². The molecule has 34 heavy (non-hydrogen) atoms. The molecule has 1 heterocycles. The van der Waals surface area contributed by atoms with Crippen molar-refractivity contribution in [3.8, 4) is 0 Å². The molecule has 5 nitrogen and oxygen atoms in total. The maximum absolute atomic E-state index is 13.0. The van der Waals surface area contributed by atoms with Gasteiger partial charge >= 0.3 is 11.9 Å². The van der Waals surface area contributed by atoms with Crippen LogP contribution in [0.3, 0.4) is 0 Å². The molecule has 3 saturated carbocycles. The average molecular weight is 469 g/mol. The van der Waals surface area contributed by atoms with E-state index in [1.54, 1.807) is 6.26 Å². The highest BCUT2D eigenvalue weighted by atomic mass is 16.5. The standard InChI is InChI=1S/C29H40O5/c1-18(30)34-24-16-23-26(2)12-7-13-28(4,25(31)32-6)21(26)10-14-27(23,3)22-9-8-20(29(22,24)5)19-11-15-33-17-19/h8,11,15,17,21-24H,7,9-10,12-14,16H2,1-6H3/t21?,22-,23+,24+,26-,27-,28-,29-/m0/s1. The number of ether oxygens (including phenoxy) is 2. The molecule has 5 rings (SSSR count). The molecular weight excluding hydrogens is 428 g/mol. The van der Waals surface area contributed by atoms with Crippen molar-refractivity contribution in [2.75, 3.05) is 7.11 Å². The van der Waals surface area contributed by atoms with Gasteiger partial charge in [-0.05, 0) is 85.7 Å². The van der Waals surface area contributed by atoms with Crippen LogP contribution in [0.25, 0.3) is 5.57 Å². The Hall–Kier alpha value is -2.04. The Morgan fingerprint density at radius 1 is 1.03 bits per heavy atom. The first-order valence-corrected chi connectivity index (χ1v) is 13.0. The summed E-state index contributed by atoms with van der Waals surface area (Å²) in [6, 6.07) is 2.03. The molecule has 1 unspecified atom stereocenters. The van der Waals surface area contributed by atoms with E-state index in [9.17, 15) is 9.59 Å². The molecule has 0 amide bonds. The quantitative estimate of drug-likeness (QED) is 0.479. The highest BCUT2D eigenvalue weighted by Gasteiger charge is 2.69. The van der Waals surface area contributed by atoms with Gasteiger partial charge in [0.2, 0.25) is 0 Å². The van der Waals surface area contributed by atoms with E-state index in [-0.39, 0.29) is 40.2 Å². The van der Waals surface area contributed by atoms with Crippen LogP contribution in [0, 0.1) is 39.4 Å². The summed E-state index contributed by atoms with van der Waals surface area (Å²) in [5, 5.41) is 0. The van der Waals surface area contributed by atoms with E-state index in [1.807, 2.05) is 12.3 Å². The third-order valence-corrected chi connectivity index (χ3v) is 11.1. The fourth-order valence-electron chi connectivity index (χ4n) is 9.71. The van der Waals surface area contributed by atoms with Crippen molar-refractivity contribution in [2.24, 2.45) is 39.4 Å². The van der Waals surface area contributed by atoms with Gasteiger partial charge in [-0.25, -0.2) is 0 Å². The minimum Gasteiger partial charge on any atom is -0.472 e. The molecule has 0 spiro atoms. The maximum Gasteiger partial charge on any atom is 0.311 e. The van der Waals surface area contributed by atoms with E-state index in [1.165, 1.54) is 19.6 Å². The fourth-order valence-corrected chi connectivity index (χ4v) is 9.71. The highest BCUT2D eigenvalue weighted by molar-refractivity contribution is 5.77. The molecular formula is C29H40O5. The zero-order valence-electron chi connectivity index (χ0n) is 21.6. The molecule has 5 heteroatoms. The number of hydrogen-bond acceptors (Lipinski definition) is 5. The Balaban J connectivity index is 1.59. The zero-order chi connectivity index (χ0) is 24.5. The van der Waals surface area contributed by atoms with Crippen LogP contribution in [0.4, 0.5) is 0 Å². The minimum absolute atomic E-state index is 0.00626. The van der Waals surface area contributed by atoms with Crippen molar-refractivity contribution in [1.29, 1.82) is 0 Å². The molecule has 0 aromatic carbocycles. The number of fused-ring (bicyclic) bond motifs is 5. The van der Waals surface area contributed by atoms with Crippen molar-refractivity contribution in [3.63, 3.8) is 0 Å². The van der Waals surface area contributed by atoms with Gasteiger partial charge in [0.1, 0.15) is 6.10 Å². The minimum atomic E-state index is -0.448. The Kier molecular flexibility index (Phi) is 5.39. The van der Waals surface area contributed by atoms with Crippen molar-refractivity contribution in [3.05, 3.63) is 30.2 Å². The van der Waals surface area contributed by atoms with E-state index in [0.717, 1.165) is 50.5 Å². The summed E-state index contributed by atoms with van der Waals surface area (Å²) in [6.45, 7) is 10.9. The van der Waals surface area contributed by atoms with Gasteiger partial charge in [-0.1, -0.05) is 33.3 Å². The molecule has 1 aromatic rings. The zero-order valence-corrected chi connectivity index (χ0v) is 21.6. The van der Waals surface area contributed by atoms with Crippen LogP contribution in [0.2, 0.25) is 0 Å².